The molecular weight excluding hydrogens is 419 g/mol. The van der Waals surface area contributed by atoms with E-state index >= 15 is 0 Å². The molecule has 0 spiro atoms. The molecule has 0 aliphatic carbocycles. The van der Waals surface area contributed by atoms with E-state index in [1.807, 2.05) is 24.3 Å². The maximum Gasteiger partial charge on any atom is 0.243 e. The number of halogens is 1. The molecule has 0 N–H and O–H groups in total. The van der Waals surface area contributed by atoms with Crippen molar-refractivity contribution in [3.8, 4) is 6.07 Å². The van der Waals surface area contributed by atoms with Gasteiger partial charge in [0, 0.05) is 26.1 Å². The van der Waals surface area contributed by atoms with Gasteiger partial charge in [0.05, 0.1) is 22.0 Å². The monoisotopic (exact) mass is 440 g/mol. The first-order valence-electron chi connectivity index (χ1n) is 9.93. The number of hydrogen-bond donors (Lipinski definition) is 0. The van der Waals surface area contributed by atoms with E-state index in [1.165, 1.54) is 16.4 Å². The van der Waals surface area contributed by atoms with E-state index in [0.29, 0.717) is 24.2 Å². The van der Waals surface area contributed by atoms with E-state index in [-0.39, 0.29) is 23.8 Å². The molecule has 1 unspecified atom stereocenters. The number of carbonyl (C=O) groups is 1. The topological polar surface area (TPSA) is 96.1 Å². The number of nitrogens with zero attached hydrogens (tertiary/aromatic N) is 4. The summed E-state index contributed by atoms with van der Waals surface area (Å²) in [6.45, 7) is 0.327. The molecule has 1 saturated heterocycles. The van der Waals surface area contributed by atoms with Crippen LogP contribution in [0.4, 0.5) is 4.39 Å². The molecule has 0 amide bonds. The SMILES string of the molecule is Cn1c(C(C#N)C(=O)C2CCN(S(=O)(=O)c3ccc(F)cc3)CC2)nc2ccccc21. The normalized spacial score (nSPS) is 16.8. The molecule has 1 atom stereocenters. The Bertz CT molecular complexity index is 1270. The standard InChI is InChI=1S/C22H21FN4O3S/c1-26-20-5-3-2-4-19(20)25-22(26)18(14-24)21(28)15-10-12-27(13-11-15)31(29,30)17-8-6-16(23)7-9-17/h2-9,15,18H,10-13H2,1H3. The Morgan fingerprint density at radius 3 is 2.42 bits per heavy atom. The van der Waals surface area contributed by atoms with E-state index in [2.05, 4.69) is 11.1 Å². The van der Waals surface area contributed by atoms with Crippen LogP contribution in [0.3, 0.4) is 0 Å². The molecule has 1 aliphatic heterocycles. The summed E-state index contributed by atoms with van der Waals surface area (Å²) >= 11 is 0. The molecule has 31 heavy (non-hydrogen) atoms. The van der Waals surface area contributed by atoms with Crippen LogP contribution < -0.4 is 0 Å². The summed E-state index contributed by atoms with van der Waals surface area (Å²) in [7, 11) is -1.98. The number of aromatic nitrogens is 2. The number of fused-ring (bicyclic) bond motifs is 1. The number of rotatable bonds is 5. The zero-order chi connectivity index (χ0) is 22.2. The Kier molecular flexibility index (Phi) is 5.60. The minimum absolute atomic E-state index is 0.0216. The van der Waals surface area contributed by atoms with Gasteiger partial charge in [0.25, 0.3) is 0 Å². The van der Waals surface area contributed by atoms with Crippen LogP contribution in [0.1, 0.15) is 24.6 Å². The number of imidazole rings is 1. The first-order valence-corrected chi connectivity index (χ1v) is 11.4. The number of benzene rings is 2. The predicted octanol–water partition coefficient (Wildman–Crippen LogP) is 2.99. The Balaban J connectivity index is 1.50. The number of carbonyl (C=O) groups excluding carboxylic acids is 1. The molecule has 1 aliphatic rings. The van der Waals surface area contributed by atoms with Crippen molar-refractivity contribution in [1.29, 1.82) is 5.26 Å². The predicted molar refractivity (Wildman–Crippen MR) is 112 cm³/mol. The van der Waals surface area contributed by atoms with Crippen molar-refractivity contribution in [3.05, 3.63) is 60.2 Å². The average Bonchev–Trinajstić information content (AvgIpc) is 3.11. The van der Waals surface area contributed by atoms with Gasteiger partial charge < -0.3 is 4.57 Å². The van der Waals surface area contributed by atoms with Gasteiger partial charge in [-0.3, -0.25) is 4.79 Å². The van der Waals surface area contributed by atoms with Crippen LogP contribution in [0.2, 0.25) is 0 Å². The molecule has 1 aromatic heterocycles. The summed E-state index contributed by atoms with van der Waals surface area (Å²) in [5.41, 5.74) is 1.55. The molecule has 4 rings (SSSR count). The Labute approximate surface area is 179 Å². The van der Waals surface area contributed by atoms with E-state index in [4.69, 9.17) is 0 Å². The second-order valence-electron chi connectivity index (χ2n) is 7.61. The fourth-order valence-corrected chi connectivity index (χ4v) is 5.51. The summed E-state index contributed by atoms with van der Waals surface area (Å²) in [4.78, 5) is 17.6. The van der Waals surface area contributed by atoms with Crippen molar-refractivity contribution >= 4 is 26.8 Å². The third kappa shape index (κ3) is 3.84. The fourth-order valence-electron chi connectivity index (χ4n) is 4.04. The summed E-state index contributed by atoms with van der Waals surface area (Å²) in [5, 5.41) is 9.72. The van der Waals surface area contributed by atoms with Gasteiger partial charge in [0.1, 0.15) is 11.6 Å². The highest BCUT2D eigenvalue weighted by atomic mass is 32.2. The zero-order valence-corrected chi connectivity index (χ0v) is 17.7. The van der Waals surface area contributed by atoms with E-state index in [1.54, 1.807) is 11.6 Å². The van der Waals surface area contributed by atoms with Crippen molar-refractivity contribution in [1.82, 2.24) is 13.9 Å². The number of ketones is 1. The molecular formula is C22H21FN4O3S. The second kappa shape index (κ2) is 8.21. The van der Waals surface area contributed by atoms with Crippen molar-refractivity contribution in [2.45, 2.75) is 23.7 Å². The number of piperidine rings is 1. The van der Waals surface area contributed by atoms with Crippen LogP contribution in [-0.4, -0.2) is 41.1 Å². The minimum Gasteiger partial charge on any atom is -0.330 e. The van der Waals surface area contributed by atoms with Crippen LogP contribution in [-0.2, 0) is 21.9 Å². The molecule has 3 aromatic rings. The summed E-state index contributed by atoms with van der Waals surface area (Å²) in [6, 6.07) is 14.2. The number of hydrogen-bond acceptors (Lipinski definition) is 5. The molecule has 0 saturated carbocycles. The highest BCUT2D eigenvalue weighted by molar-refractivity contribution is 7.89. The van der Waals surface area contributed by atoms with E-state index < -0.39 is 27.7 Å². The maximum absolute atomic E-state index is 13.1. The third-order valence-electron chi connectivity index (χ3n) is 5.80. The van der Waals surface area contributed by atoms with Gasteiger partial charge in [0.2, 0.25) is 10.0 Å². The van der Waals surface area contributed by atoms with Crippen molar-refractivity contribution in [2.24, 2.45) is 13.0 Å². The van der Waals surface area contributed by atoms with Crippen molar-refractivity contribution in [2.75, 3.05) is 13.1 Å². The summed E-state index contributed by atoms with van der Waals surface area (Å²) in [6.07, 6.45) is 0.642. The van der Waals surface area contributed by atoms with Gasteiger partial charge in [0.15, 0.2) is 11.7 Å². The fraction of sp³-hybridized carbons (Fsp3) is 0.318. The van der Waals surface area contributed by atoms with Gasteiger partial charge in [-0.05, 0) is 49.2 Å². The lowest BCUT2D eigenvalue weighted by Gasteiger charge is -2.31. The van der Waals surface area contributed by atoms with E-state index in [9.17, 15) is 22.9 Å². The molecule has 160 valence electrons. The number of aryl methyl sites for hydroxylation is 1. The number of nitriles is 1. The molecule has 2 heterocycles. The number of para-hydroxylation sites is 2. The lowest BCUT2D eigenvalue weighted by molar-refractivity contribution is -0.124. The van der Waals surface area contributed by atoms with E-state index in [0.717, 1.165) is 17.6 Å². The zero-order valence-electron chi connectivity index (χ0n) is 16.9. The van der Waals surface area contributed by atoms with Gasteiger partial charge >= 0.3 is 0 Å². The van der Waals surface area contributed by atoms with Crippen molar-refractivity contribution < 1.29 is 17.6 Å². The lowest BCUT2D eigenvalue weighted by Crippen LogP contribution is -2.41. The maximum atomic E-state index is 13.1. The smallest absolute Gasteiger partial charge is 0.243 e. The molecule has 7 nitrogen and oxygen atoms in total. The van der Waals surface area contributed by atoms with Crippen LogP contribution in [0, 0.1) is 23.1 Å². The van der Waals surface area contributed by atoms with Crippen molar-refractivity contribution in [3.63, 3.8) is 0 Å². The van der Waals surface area contributed by atoms with Gasteiger partial charge in [-0.15, -0.1) is 0 Å². The molecule has 9 heteroatoms. The molecule has 0 radical (unpaired) electrons. The molecule has 0 bridgehead atoms. The lowest BCUT2D eigenvalue weighted by atomic mass is 9.86. The van der Waals surface area contributed by atoms with Crippen LogP contribution >= 0.6 is 0 Å². The summed E-state index contributed by atoms with van der Waals surface area (Å²) in [5.74, 6) is -1.78. The van der Waals surface area contributed by atoms with Gasteiger partial charge in [-0.25, -0.2) is 17.8 Å². The Morgan fingerprint density at radius 1 is 1.16 bits per heavy atom. The van der Waals surface area contributed by atoms with Gasteiger partial charge in [-0.2, -0.15) is 9.57 Å². The first-order chi connectivity index (χ1) is 14.8. The average molecular weight is 441 g/mol. The number of sulfonamides is 1. The van der Waals surface area contributed by atoms with Gasteiger partial charge in [-0.1, -0.05) is 12.1 Å². The van der Waals surface area contributed by atoms with Crippen LogP contribution in [0.15, 0.2) is 53.4 Å². The largest absolute Gasteiger partial charge is 0.330 e. The second-order valence-corrected chi connectivity index (χ2v) is 9.55. The molecule has 2 aromatic carbocycles. The van der Waals surface area contributed by atoms with Crippen LogP contribution in [0.25, 0.3) is 11.0 Å². The Morgan fingerprint density at radius 2 is 1.81 bits per heavy atom. The summed E-state index contributed by atoms with van der Waals surface area (Å²) < 4.78 is 41.8. The first kappa shape index (κ1) is 21.2. The Hall–Kier alpha value is -3.09. The molecule has 1 fully saturated rings. The quantitative estimate of drug-likeness (QED) is 0.608. The highest BCUT2D eigenvalue weighted by Gasteiger charge is 2.36. The third-order valence-corrected chi connectivity index (χ3v) is 7.71. The number of Topliss-reactive ketones (excluding diaryl/α,β-unsaturated/α-hetero) is 1. The highest BCUT2D eigenvalue weighted by Crippen LogP contribution is 2.30. The minimum atomic E-state index is -3.76. The van der Waals surface area contributed by atoms with Crippen LogP contribution in [0.5, 0.6) is 0 Å².